The second kappa shape index (κ2) is 5.08. The lowest BCUT2D eigenvalue weighted by atomic mass is 10.0. The van der Waals surface area contributed by atoms with Crippen LogP contribution in [0.25, 0.3) is 0 Å². The average molecular weight is 156 g/mol. The van der Waals surface area contributed by atoms with Crippen LogP contribution in [0.2, 0.25) is 0 Å². The van der Waals surface area contributed by atoms with E-state index < -0.39 is 6.10 Å². The number of allylic oxidation sites excluding steroid dienone is 1. The molecular weight excluding hydrogens is 140 g/mol. The molecule has 64 valence electrons. The quantitative estimate of drug-likeness (QED) is 0.629. The number of aliphatic hydroxyl groups is 1. The highest BCUT2D eigenvalue weighted by molar-refractivity contribution is 5.88. The zero-order valence-electron chi connectivity index (χ0n) is 7.42. The van der Waals surface area contributed by atoms with E-state index in [2.05, 4.69) is 0 Å². The third kappa shape index (κ3) is 3.94. The molecule has 0 amide bonds. The molecule has 2 nitrogen and oxygen atoms in total. The standard InChI is InChI=1S/C9H16O2/c1-4-8(6-7(3)10)9(11)5-2/h6,9,11H,4-5H2,1-3H3. The third-order valence-electron chi connectivity index (χ3n) is 1.61. The molecule has 0 aliphatic carbocycles. The van der Waals surface area contributed by atoms with Gasteiger partial charge in [-0.2, -0.15) is 0 Å². The van der Waals surface area contributed by atoms with Gasteiger partial charge in [0.15, 0.2) is 5.78 Å². The van der Waals surface area contributed by atoms with Gasteiger partial charge in [0, 0.05) is 0 Å². The minimum Gasteiger partial charge on any atom is -0.389 e. The van der Waals surface area contributed by atoms with Crippen LogP contribution < -0.4 is 0 Å². The van der Waals surface area contributed by atoms with Crippen LogP contribution in [0.5, 0.6) is 0 Å². The largest absolute Gasteiger partial charge is 0.389 e. The third-order valence-corrected chi connectivity index (χ3v) is 1.61. The smallest absolute Gasteiger partial charge is 0.152 e. The van der Waals surface area contributed by atoms with Crippen molar-refractivity contribution in [3.05, 3.63) is 11.6 Å². The van der Waals surface area contributed by atoms with Gasteiger partial charge in [-0.3, -0.25) is 4.79 Å². The van der Waals surface area contributed by atoms with Crippen LogP contribution in [0, 0.1) is 0 Å². The molecular formula is C9H16O2. The molecule has 0 aromatic carbocycles. The lowest BCUT2D eigenvalue weighted by molar-refractivity contribution is -0.112. The molecule has 0 bridgehead atoms. The minimum absolute atomic E-state index is 0.00866. The monoisotopic (exact) mass is 156 g/mol. The van der Waals surface area contributed by atoms with E-state index in [1.807, 2.05) is 13.8 Å². The van der Waals surface area contributed by atoms with Gasteiger partial charge in [-0.25, -0.2) is 0 Å². The van der Waals surface area contributed by atoms with E-state index in [0.29, 0.717) is 6.42 Å². The van der Waals surface area contributed by atoms with Crippen LogP contribution >= 0.6 is 0 Å². The minimum atomic E-state index is -0.441. The zero-order valence-corrected chi connectivity index (χ0v) is 7.42. The van der Waals surface area contributed by atoms with Crippen molar-refractivity contribution in [2.24, 2.45) is 0 Å². The summed E-state index contributed by atoms with van der Waals surface area (Å²) in [5, 5.41) is 9.35. The highest BCUT2D eigenvalue weighted by atomic mass is 16.3. The van der Waals surface area contributed by atoms with E-state index in [4.69, 9.17) is 0 Å². The van der Waals surface area contributed by atoms with E-state index in [-0.39, 0.29) is 5.78 Å². The van der Waals surface area contributed by atoms with Crippen molar-refractivity contribution in [1.82, 2.24) is 0 Å². The Kier molecular flexibility index (Phi) is 4.79. The van der Waals surface area contributed by atoms with Gasteiger partial charge in [-0.1, -0.05) is 13.8 Å². The van der Waals surface area contributed by atoms with E-state index in [0.717, 1.165) is 12.0 Å². The van der Waals surface area contributed by atoms with Gasteiger partial charge >= 0.3 is 0 Å². The van der Waals surface area contributed by atoms with E-state index >= 15 is 0 Å². The van der Waals surface area contributed by atoms with Gasteiger partial charge in [-0.05, 0) is 31.4 Å². The maximum atomic E-state index is 10.6. The summed E-state index contributed by atoms with van der Waals surface area (Å²) >= 11 is 0. The number of ketones is 1. The number of hydrogen-bond donors (Lipinski definition) is 1. The molecule has 0 saturated heterocycles. The van der Waals surface area contributed by atoms with Crippen molar-refractivity contribution in [3.8, 4) is 0 Å². The maximum Gasteiger partial charge on any atom is 0.152 e. The fourth-order valence-electron chi connectivity index (χ4n) is 0.957. The first-order chi connectivity index (χ1) is 5.11. The molecule has 11 heavy (non-hydrogen) atoms. The molecule has 0 aliphatic rings. The van der Waals surface area contributed by atoms with Crippen molar-refractivity contribution in [3.63, 3.8) is 0 Å². The normalized spacial score (nSPS) is 14.7. The Bertz CT molecular complexity index is 159. The van der Waals surface area contributed by atoms with Crippen LogP contribution in [-0.2, 0) is 4.79 Å². The van der Waals surface area contributed by atoms with E-state index in [1.54, 1.807) is 0 Å². The molecule has 1 atom stereocenters. The highest BCUT2D eigenvalue weighted by Gasteiger charge is 2.06. The second-order valence-electron chi connectivity index (χ2n) is 2.61. The van der Waals surface area contributed by atoms with Crippen LogP contribution in [0.1, 0.15) is 33.6 Å². The van der Waals surface area contributed by atoms with Gasteiger partial charge in [-0.15, -0.1) is 0 Å². The first kappa shape index (κ1) is 10.4. The summed E-state index contributed by atoms with van der Waals surface area (Å²) in [6.45, 7) is 5.33. The van der Waals surface area contributed by atoms with Crippen molar-refractivity contribution in [1.29, 1.82) is 0 Å². The lowest BCUT2D eigenvalue weighted by Gasteiger charge is -2.09. The SMILES string of the molecule is CCC(=CC(C)=O)C(O)CC. The van der Waals surface area contributed by atoms with Crippen LogP contribution in [-0.4, -0.2) is 17.0 Å². The van der Waals surface area contributed by atoms with E-state index in [9.17, 15) is 9.90 Å². The fourth-order valence-corrected chi connectivity index (χ4v) is 0.957. The highest BCUT2D eigenvalue weighted by Crippen LogP contribution is 2.09. The Labute approximate surface area is 67.9 Å². The maximum absolute atomic E-state index is 10.6. The van der Waals surface area contributed by atoms with E-state index in [1.165, 1.54) is 13.0 Å². The number of carbonyl (C=O) groups is 1. The van der Waals surface area contributed by atoms with Gasteiger partial charge in [0.2, 0.25) is 0 Å². The Balaban J connectivity index is 4.26. The van der Waals surface area contributed by atoms with Crippen molar-refractivity contribution in [2.45, 2.75) is 39.7 Å². The topological polar surface area (TPSA) is 37.3 Å². The first-order valence-electron chi connectivity index (χ1n) is 4.00. The van der Waals surface area contributed by atoms with Gasteiger partial charge < -0.3 is 5.11 Å². The first-order valence-corrected chi connectivity index (χ1v) is 4.00. The molecule has 1 unspecified atom stereocenters. The Morgan fingerprint density at radius 1 is 1.55 bits per heavy atom. The lowest BCUT2D eigenvalue weighted by Crippen LogP contribution is -2.09. The summed E-state index contributed by atoms with van der Waals surface area (Å²) in [7, 11) is 0. The predicted molar refractivity (Wildman–Crippen MR) is 45.4 cm³/mol. The number of hydrogen-bond acceptors (Lipinski definition) is 2. The molecule has 1 N–H and O–H groups in total. The molecule has 0 spiro atoms. The molecule has 0 saturated carbocycles. The second-order valence-corrected chi connectivity index (χ2v) is 2.61. The van der Waals surface area contributed by atoms with Crippen molar-refractivity contribution < 1.29 is 9.90 Å². The summed E-state index contributed by atoms with van der Waals surface area (Å²) in [6.07, 6.45) is 2.50. The van der Waals surface area contributed by atoms with Crippen molar-refractivity contribution >= 4 is 5.78 Å². The van der Waals surface area contributed by atoms with Gasteiger partial charge in [0.25, 0.3) is 0 Å². The molecule has 2 heteroatoms. The summed E-state index contributed by atoms with van der Waals surface area (Å²) in [6, 6.07) is 0. The molecule has 0 aromatic rings. The van der Waals surface area contributed by atoms with Crippen LogP contribution in [0.4, 0.5) is 0 Å². The average Bonchev–Trinajstić information content (AvgIpc) is 1.98. The fraction of sp³-hybridized carbons (Fsp3) is 0.667. The Morgan fingerprint density at radius 2 is 2.09 bits per heavy atom. The molecule has 0 fully saturated rings. The summed E-state index contributed by atoms with van der Waals surface area (Å²) < 4.78 is 0. The zero-order chi connectivity index (χ0) is 8.85. The van der Waals surface area contributed by atoms with Crippen LogP contribution in [0.15, 0.2) is 11.6 Å². The van der Waals surface area contributed by atoms with Crippen LogP contribution in [0.3, 0.4) is 0 Å². The summed E-state index contributed by atoms with van der Waals surface area (Å²) in [5.74, 6) is 0.00866. The van der Waals surface area contributed by atoms with Gasteiger partial charge in [0.05, 0.1) is 6.10 Å². The molecule has 0 heterocycles. The number of carbonyl (C=O) groups excluding carboxylic acids is 1. The molecule has 0 aromatic heterocycles. The molecule has 0 rings (SSSR count). The molecule has 0 radical (unpaired) electrons. The Hall–Kier alpha value is -0.630. The number of rotatable bonds is 4. The predicted octanol–water partition coefficient (Wildman–Crippen LogP) is 1.68. The van der Waals surface area contributed by atoms with Crippen molar-refractivity contribution in [2.75, 3.05) is 0 Å². The number of aliphatic hydroxyl groups excluding tert-OH is 1. The summed E-state index contributed by atoms with van der Waals surface area (Å²) in [4.78, 5) is 10.6. The van der Waals surface area contributed by atoms with Gasteiger partial charge in [0.1, 0.15) is 0 Å². The molecule has 0 aliphatic heterocycles. The summed E-state index contributed by atoms with van der Waals surface area (Å²) in [5.41, 5.74) is 0.833. The Morgan fingerprint density at radius 3 is 2.36 bits per heavy atom.